The quantitative estimate of drug-likeness (QED) is 0.0690. The van der Waals surface area contributed by atoms with E-state index in [2.05, 4.69) is 13.8 Å². The van der Waals surface area contributed by atoms with Gasteiger partial charge in [0, 0.05) is 0 Å². The number of benzene rings is 1. The van der Waals surface area contributed by atoms with Gasteiger partial charge in [0.05, 0.1) is 9.79 Å². The lowest BCUT2D eigenvalue weighted by molar-refractivity contribution is 0.542. The first-order valence-corrected chi connectivity index (χ1v) is 19.2. The molecular formula is C36H58F2N2S2. The van der Waals surface area contributed by atoms with Crippen molar-refractivity contribution in [2.24, 2.45) is 0 Å². The Balaban J connectivity index is 2.40. The molecule has 238 valence electrons. The fraction of sp³-hybridized carbons (Fsp3) is 0.778. The second-order valence-electron chi connectivity index (χ2n) is 11.7. The third kappa shape index (κ3) is 17.2. The van der Waals surface area contributed by atoms with Gasteiger partial charge in [0.15, 0.2) is 11.6 Å². The number of rotatable bonds is 28. The molecule has 1 rings (SSSR count). The highest BCUT2D eigenvalue weighted by Crippen LogP contribution is 2.40. The number of thioether (sulfide) groups is 2. The van der Waals surface area contributed by atoms with Crippen LogP contribution in [0, 0.1) is 34.3 Å². The number of halogens is 2. The van der Waals surface area contributed by atoms with Gasteiger partial charge in [0.1, 0.15) is 23.3 Å². The lowest BCUT2D eigenvalue weighted by atomic mass is 10.1. The first-order chi connectivity index (χ1) is 20.6. The first-order valence-electron chi connectivity index (χ1n) is 17.2. The van der Waals surface area contributed by atoms with Crippen LogP contribution in [-0.2, 0) is 0 Å². The van der Waals surface area contributed by atoms with Crippen LogP contribution in [0.15, 0.2) is 9.79 Å². The largest absolute Gasteiger partial charge is 0.204 e. The second kappa shape index (κ2) is 27.3. The summed E-state index contributed by atoms with van der Waals surface area (Å²) >= 11 is 2.61. The van der Waals surface area contributed by atoms with E-state index in [-0.39, 0.29) is 9.79 Å². The van der Waals surface area contributed by atoms with Gasteiger partial charge in [-0.05, 0) is 24.3 Å². The van der Waals surface area contributed by atoms with Crippen molar-refractivity contribution in [1.82, 2.24) is 0 Å². The summed E-state index contributed by atoms with van der Waals surface area (Å²) in [6, 6.07) is 3.46. The minimum atomic E-state index is -0.725. The van der Waals surface area contributed by atoms with Gasteiger partial charge in [-0.15, -0.1) is 23.5 Å². The van der Waals surface area contributed by atoms with E-state index in [1.165, 1.54) is 152 Å². The molecule has 2 nitrogen and oxygen atoms in total. The molecule has 0 aromatic heterocycles. The van der Waals surface area contributed by atoms with Crippen molar-refractivity contribution in [3.8, 4) is 12.1 Å². The highest BCUT2D eigenvalue weighted by molar-refractivity contribution is 8.02. The van der Waals surface area contributed by atoms with Gasteiger partial charge < -0.3 is 0 Å². The molecule has 0 aliphatic heterocycles. The molecule has 0 radical (unpaired) electrons. The van der Waals surface area contributed by atoms with Crippen LogP contribution in [0.25, 0.3) is 0 Å². The lowest BCUT2D eigenvalue weighted by Gasteiger charge is -2.14. The predicted octanol–water partition coefficient (Wildman–Crippen LogP) is 13.3. The average molecular weight is 621 g/mol. The lowest BCUT2D eigenvalue weighted by Crippen LogP contribution is -2.02. The number of hydrogen-bond donors (Lipinski definition) is 0. The normalized spacial score (nSPS) is 11.1. The van der Waals surface area contributed by atoms with Crippen LogP contribution in [0.5, 0.6) is 0 Å². The molecule has 0 spiro atoms. The standard InChI is InChI=1S/C36H58F2N2S2/c1-3-5-7-9-11-13-15-17-19-21-23-25-27-41-35-33(37)31(29-39)32(30-40)34(38)36(35)42-28-26-24-22-20-18-16-14-12-10-8-6-4-2/h3-28H2,1-2H3. The maximum atomic E-state index is 15.3. The van der Waals surface area contributed by atoms with Crippen LogP contribution in [-0.4, -0.2) is 11.5 Å². The van der Waals surface area contributed by atoms with Crippen LogP contribution in [0.3, 0.4) is 0 Å². The molecule has 0 heterocycles. The van der Waals surface area contributed by atoms with Crippen molar-refractivity contribution in [1.29, 1.82) is 10.5 Å². The predicted molar refractivity (Wildman–Crippen MR) is 179 cm³/mol. The highest BCUT2D eigenvalue weighted by atomic mass is 32.2. The summed E-state index contributed by atoms with van der Waals surface area (Å²) < 4.78 is 30.6. The molecule has 0 saturated heterocycles. The van der Waals surface area contributed by atoms with Crippen LogP contribution >= 0.6 is 23.5 Å². The third-order valence-electron chi connectivity index (χ3n) is 8.01. The van der Waals surface area contributed by atoms with Gasteiger partial charge >= 0.3 is 0 Å². The van der Waals surface area contributed by atoms with E-state index in [0.717, 1.165) is 25.7 Å². The van der Waals surface area contributed by atoms with E-state index < -0.39 is 22.8 Å². The Kier molecular flexibility index (Phi) is 25.2. The van der Waals surface area contributed by atoms with Crippen LogP contribution in [0.1, 0.15) is 179 Å². The molecule has 6 heteroatoms. The van der Waals surface area contributed by atoms with Crippen LogP contribution in [0.2, 0.25) is 0 Å². The molecule has 0 unspecified atom stereocenters. The van der Waals surface area contributed by atoms with E-state index >= 15 is 8.78 Å². The van der Waals surface area contributed by atoms with E-state index in [1.807, 2.05) is 0 Å². The summed E-state index contributed by atoms with van der Waals surface area (Å²) in [4.78, 5) is 0.435. The summed E-state index contributed by atoms with van der Waals surface area (Å²) in [6.45, 7) is 4.50. The molecule has 0 N–H and O–H groups in total. The van der Waals surface area contributed by atoms with Crippen molar-refractivity contribution < 1.29 is 8.78 Å². The fourth-order valence-electron chi connectivity index (χ4n) is 5.35. The molecule has 0 aliphatic rings. The fourth-order valence-corrected chi connectivity index (χ4v) is 7.71. The highest BCUT2D eigenvalue weighted by Gasteiger charge is 2.25. The number of nitrogens with zero attached hydrogens (tertiary/aromatic N) is 2. The summed E-state index contributed by atoms with van der Waals surface area (Å²) in [5.41, 5.74) is -0.913. The molecule has 0 bridgehead atoms. The Morgan fingerprint density at radius 1 is 0.429 bits per heavy atom. The van der Waals surface area contributed by atoms with Crippen molar-refractivity contribution in [2.45, 2.75) is 178 Å². The first kappa shape index (κ1) is 38.8. The van der Waals surface area contributed by atoms with Gasteiger partial charge in [-0.3, -0.25) is 0 Å². The van der Waals surface area contributed by atoms with E-state index in [9.17, 15) is 10.5 Å². The molecule has 1 aromatic rings. The van der Waals surface area contributed by atoms with Crippen LogP contribution < -0.4 is 0 Å². The van der Waals surface area contributed by atoms with E-state index in [1.54, 1.807) is 12.1 Å². The van der Waals surface area contributed by atoms with E-state index in [4.69, 9.17) is 0 Å². The zero-order valence-electron chi connectivity index (χ0n) is 26.9. The number of unbranched alkanes of at least 4 members (excludes halogenated alkanes) is 22. The smallest absolute Gasteiger partial charge is 0.157 e. The molecular weight excluding hydrogens is 563 g/mol. The summed E-state index contributed by atoms with van der Waals surface area (Å²) in [6.07, 6.45) is 30.2. The molecule has 42 heavy (non-hydrogen) atoms. The van der Waals surface area contributed by atoms with E-state index in [0.29, 0.717) is 11.5 Å². The summed E-state index contributed by atoms with van der Waals surface area (Å²) in [5.74, 6) is -0.0684. The van der Waals surface area contributed by atoms with Crippen molar-refractivity contribution in [3.63, 3.8) is 0 Å². The molecule has 1 aromatic carbocycles. The SMILES string of the molecule is CCCCCCCCCCCCCCSc1c(F)c(C#N)c(C#N)c(F)c1SCCCCCCCCCCCCCC. The van der Waals surface area contributed by atoms with Gasteiger partial charge in [-0.2, -0.15) is 10.5 Å². The summed E-state index contributed by atoms with van der Waals surface area (Å²) in [5, 5.41) is 18.9. The number of hydrogen-bond acceptors (Lipinski definition) is 4. The monoisotopic (exact) mass is 620 g/mol. The Morgan fingerprint density at radius 3 is 0.905 bits per heavy atom. The van der Waals surface area contributed by atoms with Crippen molar-refractivity contribution in [3.05, 3.63) is 22.8 Å². The second-order valence-corrected chi connectivity index (χ2v) is 13.9. The average Bonchev–Trinajstić information content (AvgIpc) is 2.99. The van der Waals surface area contributed by atoms with Crippen molar-refractivity contribution in [2.75, 3.05) is 11.5 Å². The molecule has 0 amide bonds. The Hall–Kier alpha value is -1.24. The minimum absolute atomic E-state index is 0.218. The maximum Gasteiger partial charge on any atom is 0.157 e. The number of nitriles is 2. The minimum Gasteiger partial charge on any atom is -0.204 e. The molecule has 0 saturated carbocycles. The third-order valence-corrected chi connectivity index (χ3v) is 10.5. The Labute approximate surface area is 266 Å². The Morgan fingerprint density at radius 2 is 0.667 bits per heavy atom. The van der Waals surface area contributed by atoms with Crippen molar-refractivity contribution >= 4 is 23.5 Å². The topological polar surface area (TPSA) is 47.6 Å². The van der Waals surface area contributed by atoms with Crippen LogP contribution in [0.4, 0.5) is 8.78 Å². The van der Waals surface area contributed by atoms with Gasteiger partial charge in [-0.25, -0.2) is 8.78 Å². The van der Waals surface area contributed by atoms with Gasteiger partial charge in [-0.1, -0.05) is 155 Å². The maximum absolute atomic E-state index is 15.3. The molecule has 0 aliphatic carbocycles. The molecule has 0 fully saturated rings. The summed E-state index contributed by atoms with van der Waals surface area (Å²) in [7, 11) is 0. The Bertz CT molecular complexity index is 834. The van der Waals surface area contributed by atoms with Gasteiger partial charge in [0.25, 0.3) is 0 Å². The zero-order chi connectivity index (χ0) is 30.7. The molecule has 0 atom stereocenters. The van der Waals surface area contributed by atoms with Gasteiger partial charge in [0.2, 0.25) is 0 Å². The zero-order valence-corrected chi connectivity index (χ0v) is 28.5.